The number of amides is 1. The molecule has 0 saturated carbocycles. The summed E-state index contributed by atoms with van der Waals surface area (Å²) in [6.07, 6.45) is 1.78. The predicted molar refractivity (Wildman–Crippen MR) is 120 cm³/mol. The lowest BCUT2D eigenvalue weighted by molar-refractivity contribution is -0.113. The van der Waals surface area contributed by atoms with Gasteiger partial charge in [0.05, 0.1) is 23.1 Å². The number of benzene rings is 1. The highest BCUT2D eigenvalue weighted by molar-refractivity contribution is 8.14. The lowest BCUT2D eigenvalue weighted by Crippen LogP contribution is -2.30. The highest BCUT2D eigenvalue weighted by Gasteiger charge is 2.34. The number of hydrogen-bond acceptors (Lipinski definition) is 8. The van der Waals surface area contributed by atoms with E-state index in [1.54, 1.807) is 38.3 Å². The van der Waals surface area contributed by atoms with E-state index in [0.29, 0.717) is 39.1 Å². The van der Waals surface area contributed by atoms with Crippen molar-refractivity contribution in [3.63, 3.8) is 0 Å². The molecule has 0 N–H and O–H groups in total. The minimum absolute atomic E-state index is 0.199. The van der Waals surface area contributed by atoms with Crippen LogP contribution in [0.5, 0.6) is 5.75 Å². The van der Waals surface area contributed by atoms with Crippen LogP contribution in [0.2, 0.25) is 5.02 Å². The van der Waals surface area contributed by atoms with Gasteiger partial charge in [0, 0.05) is 11.8 Å². The first kappa shape index (κ1) is 20.6. The molecule has 0 spiro atoms. The van der Waals surface area contributed by atoms with Crippen molar-refractivity contribution in [3.8, 4) is 5.75 Å². The molecule has 3 heterocycles. The molecule has 1 amide bonds. The van der Waals surface area contributed by atoms with Gasteiger partial charge in [-0.15, -0.1) is 21.5 Å². The molecule has 1 unspecified atom stereocenters. The monoisotopic (exact) mass is 460 g/mol. The summed E-state index contributed by atoms with van der Waals surface area (Å²) in [5.41, 5.74) is 0.946. The smallest absolute Gasteiger partial charge is 0.283 e. The first-order chi connectivity index (χ1) is 14.5. The third-order valence-electron chi connectivity index (χ3n) is 4.22. The highest BCUT2D eigenvalue weighted by atomic mass is 35.5. The number of ether oxygens (including phenoxy) is 1. The second kappa shape index (κ2) is 8.63. The maximum absolute atomic E-state index is 13.2. The standard InChI is InChI=1S/C20H17ClN4O3S2/c1-11(18-24-23-12(2)28-18)30-20-22-16(10-14-5-4-8-29-14)19(26)25(20)13-6-7-17(27-3)15(21)9-13/h4-11H,1-3H3/b16-10-. The third-order valence-corrected chi connectivity index (χ3v) is 6.37. The summed E-state index contributed by atoms with van der Waals surface area (Å²) in [4.78, 5) is 20.3. The van der Waals surface area contributed by atoms with Crippen LogP contribution >= 0.6 is 34.7 Å². The van der Waals surface area contributed by atoms with Crippen molar-refractivity contribution in [2.75, 3.05) is 12.0 Å². The van der Waals surface area contributed by atoms with E-state index >= 15 is 0 Å². The second-order valence-electron chi connectivity index (χ2n) is 6.32. The Morgan fingerprint density at radius 2 is 2.17 bits per heavy atom. The summed E-state index contributed by atoms with van der Waals surface area (Å²) in [5, 5.41) is 10.6. The van der Waals surface area contributed by atoms with Gasteiger partial charge < -0.3 is 9.15 Å². The van der Waals surface area contributed by atoms with Crippen molar-refractivity contribution >= 4 is 57.5 Å². The Balaban J connectivity index is 1.71. The number of aryl methyl sites for hydroxylation is 1. The molecule has 4 rings (SSSR count). The summed E-state index contributed by atoms with van der Waals surface area (Å²) in [6.45, 7) is 3.66. The van der Waals surface area contributed by atoms with Gasteiger partial charge in [-0.2, -0.15) is 0 Å². The molecule has 10 heteroatoms. The molecular formula is C20H17ClN4O3S2. The van der Waals surface area contributed by atoms with Crippen LogP contribution in [0.15, 0.2) is 50.8 Å². The van der Waals surface area contributed by atoms with E-state index < -0.39 is 0 Å². The molecule has 0 aliphatic carbocycles. The molecule has 0 saturated heterocycles. The molecule has 0 fully saturated rings. The summed E-state index contributed by atoms with van der Waals surface area (Å²) in [5.74, 6) is 1.25. The topological polar surface area (TPSA) is 80.8 Å². The first-order valence-corrected chi connectivity index (χ1v) is 11.1. The molecule has 3 aromatic rings. The number of aromatic nitrogens is 2. The third kappa shape index (κ3) is 4.14. The number of nitrogens with zero attached hydrogens (tertiary/aromatic N) is 4. The van der Waals surface area contributed by atoms with Gasteiger partial charge in [-0.25, -0.2) is 4.99 Å². The van der Waals surface area contributed by atoms with Crippen molar-refractivity contribution in [1.82, 2.24) is 10.2 Å². The number of hydrogen-bond donors (Lipinski definition) is 0. The van der Waals surface area contributed by atoms with Crippen LogP contribution in [-0.2, 0) is 4.79 Å². The quantitative estimate of drug-likeness (QED) is 0.478. The number of carbonyl (C=O) groups is 1. The fourth-order valence-corrected chi connectivity index (χ4v) is 4.65. The van der Waals surface area contributed by atoms with Crippen LogP contribution in [0.25, 0.3) is 6.08 Å². The van der Waals surface area contributed by atoms with E-state index in [-0.39, 0.29) is 11.2 Å². The van der Waals surface area contributed by atoms with E-state index in [1.165, 1.54) is 28.0 Å². The number of carbonyl (C=O) groups excluding carboxylic acids is 1. The molecule has 2 aromatic heterocycles. The second-order valence-corrected chi connectivity index (χ2v) is 9.01. The molecule has 7 nitrogen and oxygen atoms in total. The van der Waals surface area contributed by atoms with Crippen molar-refractivity contribution in [3.05, 3.63) is 63.1 Å². The maximum atomic E-state index is 13.2. The van der Waals surface area contributed by atoms with Gasteiger partial charge in [-0.05, 0) is 42.6 Å². The van der Waals surface area contributed by atoms with Gasteiger partial charge >= 0.3 is 0 Å². The zero-order valence-corrected chi connectivity index (χ0v) is 18.7. The van der Waals surface area contributed by atoms with Crippen LogP contribution in [-0.4, -0.2) is 28.4 Å². The Morgan fingerprint density at radius 1 is 1.33 bits per heavy atom. The Morgan fingerprint density at radius 3 is 2.80 bits per heavy atom. The van der Waals surface area contributed by atoms with E-state index in [9.17, 15) is 4.79 Å². The number of anilines is 1. The normalized spacial score (nSPS) is 16.3. The lowest BCUT2D eigenvalue weighted by atomic mass is 10.2. The van der Waals surface area contributed by atoms with E-state index in [4.69, 9.17) is 20.8 Å². The number of thioether (sulfide) groups is 1. The maximum Gasteiger partial charge on any atom is 0.283 e. The van der Waals surface area contributed by atoms with Crippen molar-refractivity contribution in [1.29, 1.82) is 0 Å². The minimum Gasteiger partial charge on any atom is -0.495 e. The molecule has 1 atom stereocenters. The summed E-state index contributed by atoms with van der Waals surface area (Å²) in [6, 6.07) is 9.04. The van der Waals surface area contributed by atoms with E-state index in [1.807, 2.05) is 24.4 Å². The van der Waals surface area contributed by atoms with Crippen LogP contribution in [0.3, 0.4) is 0 Å². The van der Waals surface area contributed by atoms with Gasteiger partial charge in [0.25, 0.3) is 5.91 Å². The fraction of sp³-hybridized carbons (Fsp3) is 0.200. The van der Waals surface area contributed by atoms with Crippen LogP contribution < -0.4 is 9.64 Å². The Labute approximate surface area is 186 Å². The van der Waals surface area contributed by atoms with E-state index in [2.05, 4.69) is 15.2 Å². The molecule has 1 aromatic carbocycles. The Kier molecular flexibility index (Phi) is 5.94. The number of halogens is 1. The van der Waals surface area contributed by atoms with Crippen molar-refractivity contribution in [2.45, 2.75) is 19.1 Å². The zero-order valence-electron chi connectivity index (χ0n) is 16.3. The summed E-state index contributed by atoms with van der Waals surface area (Å²) < 4.78 is 10.8. The molecule has 1 aliphatic heterocycles. The first-order valence-electron chi connectivity index (χ1n) is 8.95. The van der Waals surface area contributed by atoms with Crippen LogP contribution in [0.1, 0.15) is 28.8 Å². The average molecular weight is 461 g/mol. The molecule has 154 valence electrons. The molecule has 1 aliphatic rings. The number of aliphatic imine (C=N–C) groups is 1. The SMILES string of the molecule is COc1ccc(N2C(=O)/C(=C/c3cccs3)N=C2SC(C)c2nnc(C)o2)cc1Cl. The summed E-state index contributed by atoms with van der Waals surface area (Å²) >= 11 is 9.20. The average Bonchev–Trinajstić information content (AvgIpc) is 3.44. The highest BCUT2D eigenvalue weighted by Crippen LogP contribution is 2.38. The summed E-state index contributed by atoms with van der Waals surface area (Å²) in [7, 11) is 1.54. The minimum atomic E-state index is -0.235. The van der Waals surface area contributed by atoms with E-state index in [0.717, 1.165) is 4.88 Å². The number of rotatable bonds is 5. The molecule has 30 heavy (non-hydrogen) atoms. The molecule has 0 bridgehead atoms. The lowest BCUT2D eigenvalue weighted by Gasteiger charge is -2.20. The van der Waals surface area contributed by atoms with Crippen LogP contribution in [0.4, 0.5) is 5.69 Å². The number of methoxy groups -OCH3 is 1. The Hall–Kier alpha value is -2.62. The predicted octanol–water partition coefficient (Wildman–Crippen LogP) is 5.34. The largest absolute Gasteiger partial charge is 0.495 e. The van der Waals surface area contributed by atoms with Crippen LogP contribution in [0, 0.1) is 6.92 Å². The molecule has 0 radical (unpaired) electrons. The van der Waals surface area contributed by atoms with Crippen molar-refractivity contribution in [2.24, 2.45) is 4.99 Å². The number of amidine groups is 1. The molecular weight excluding hydrogens is 444 g/mol. The van der Waals surface area contributed by atoms with Gasteiger partial charge in [-0.3, -0.25) is 9.69 Å². The van der Waals surface area contributed by atoms with Gasteiger partial charge in [0.1, 0.15) is 11.4 Å². The van der Waals surface area contributed by atoms with Gasteiger partial charge in [0.2, 0.25) is 11.8 Å². The van der Waals surface area contributed by atoms with Gasteiger partial charge in [0.15, 0.2) is 5.17 Å². The van der Waals surface area contributed by atoms with Gasteiger partial charge in [-0.1, -0.05) is 29.4 Å². The van der Waals surface area contributed by atoms with Crippen molar-refractivity contribution < 1.29 is 13.9 Å². The zero-order chi connectivity index (χ0) is 21.3. The Bertz CT molecular complexity index is 1140. The fourth-order valence-electron chi connectivity index (χ4n) is 2.79. The number of thiophene rings is 1.